The highest BCUT2D eigenvalue weighted by Gasteiger charge is 2.23. The topological polar surface area (TPSA) is 55.5 Å². The van der Waals surface area contributed by atoms with Crippen molar-refractivity contribution in [1.82, 2.24) is 24.9 Å². The van der Waals surface area contributed by atoms with Crippen LogP contribution in [0.5, 0.6) is 0 Å². The van der Waals surface area contributed by atoms with Crippen molar-refractivity contribution in [1.29, 1.82) is 0 Å². The van der Waals surface area contributed by atoms with Crippen molar-refractivity contribution >= 4 is 5.91 Å². The zero-order valence-corrected chi connectivity index (χ0v) is 15.9. The lowest BCUT2D eigenvalue weighted by Crippen LogP contribution is -2.46. The molecule has 136 valence electrons. The van der Waals surface area contributed by atoms with Crippen LogP contribution in [0.15, 0.2) is 0 Å². The first-order chi connectivity index (χ1) is 11.4. The lowest BCUT2D eigenvalue weighted by atomic mass is 10.0. The van der Waals surface area contributed by atoms with E-state index in [1.54, 1.807) is 0 Å². The van der Waals surface area contributed by atoms with Crippen LogP contribution in [-0.4, -0.2) is 84.2 Å². The molecule has 1 aromatic rings. The van der Waals surface area contributed by atoms with E-state index in [1.807, 2.05) is 18.9 Å². The first-order valence-electron chi connectivity index (χ1n) is 9.01. The Bertz CT molecular complexity index is 514. The second kappa shape index (κ2) is 8.62. The summed E-state index contributed by atoms with van der Waals surface area (Å²) in [4.78, 5) is 18.9. The van der Waals surface area contributed by atoms with Gasteiger partial charge in [0.25, 0.3) is 0 Å². The molecule has 1 aliphatic rings. The number of hydrogen-bond acceptors (Lipinski definition) is 4. The zero-order valence-electron chi connectivity index (χ0n) is 15.9. The van der Waals surface area contributed by atoms with Crippen molar-refractivity contribution in [3.8, 4) is 0 Å². The van der Waals surface area contributed by atoms with Gasteiger partial charge in [-0.05, 0) is 72.3 Å². The third-order valence-corrected chi connectivity index (χ3v) is 5.32. The summed E-state index contributed by atoms with van der Waals surface area (Å²) in [6, 6.07) is 0.537. The molecule has 0 atom stereocenters. The molecule has 1 aromatic heterocycles. The van der Waals surface area contributed by atoms with E-state index < -0.39 is 0 Å². The largest absolute Gasteiger partial charge is 0.345 e. The number of nitrogens with zero attached hydrogens (tertiary/aromatic N) is 4. The molecule has 0 aliphatic carbocycles. The van der Waals surface area contributed by atoms with Crippen molar-refractivity contribution in [3.05, 3.63) is 17.0 Å². The van der Waals surface area contributed by atoms with Crippen LogP contribution >= 0.6 is 0 Å². The van der Waals surface area contributed by atoms with Crippen LogP contribution in [0.25, 0.3) is 0 Å². The van der Waals surface area contributed by atoms with Gasteiger partial charge in [-0.2, -0.15) is 5.10 Å². The minimum atomic E-state index is 0.220. The second-order valence-corrected chi connectivity index (χ2v) is 7.28. The number of H-pyrrole nitrogens is 1. The Balaban J connectivity index is 1.71. The van der Waals surface area contributed by atoms with Crippen LogP contribution in [0.3, 0.4) is 0 Å². The molecular formula is C18H33N5O. The van der Waals surface area contributed by atoms with E-state index in [9.17, 15) is 4.79 Å². The molecule has 6 heteroatoms. The normalized spacial score (nSPS) is 16.8. The van der Waals surface area contributed by atoms with Gasteiger partial charge in [0.05, 0.1) is 12.2 Å². The number of carbonyl (C=O) groups excluding carboxylic acids is 1. The van der Waals surface area contributed by atoms with Gasteiger partial charge in [-0.25, -0.2) is 0 Å². The molecule has 1 amide bonds. The van der Waals surface area contributed by atoms with E-state index in [1.165, 1.54) is 5.56 Å². The van der Waals surface area contributed by atoms with E-state index in [0.717, 1.165) is 56.7 Å². The number of rotatable bonds is 7. The number of amides is 1. The molecular weight excluding hydrogens is 302 g/mol. The standard InChI is InChI=1S/C18H33N5O/c1-14-17(15(2)20-19-14)7-6-10-22(4)18(24)13-23(5)16-8-11-21(3)12-9-16/h16H,6-13H2,1-5H3,(H,19,20). The number of carbonyl (C=O) groups is 1. The molecule has 1 N–H and O–H groups in total. The Hall–Kier alpha value is -1.40. The molecule has 0 spiro atoms. The fourth-order valence-electron chi connectivity index (χ4n) is 3.46. The molecule has 0 saturated carbocycles. The smallest absolute Gasteiger partial charge is 0.236 e. The Kier molecular flexibility index (Phi) is 6.80. The molecule has 6 nitrogen and oxygen atoms in total. The molecule has 0 aromatic carbocycles. The second-order valence-electron chi connectivity index (χ2n) is 7.28. The number of piperidine rings is 1. The van der Waals surface area contributed by atoms with Crippen molar-refractivity contribution in [2.45, 2.75) is 45.6 Å². The van der Waals surface area contributed by atoms with E-state index in [0.29, 0.717) is 12.6 Å². The van der Waals surface area contributed by atoms with Gasteiger partial charge in [-0.15, -0.1) is 0 Å². The summed E-state index contributed by atoms with van der Waals surface area (Å²) in [5, 5.41) is 7.25. The van der Waals surface area contributed by atoms with Crippen LogP contribution in [0.2, 0.25) is 0 Å². The lowest BCUT2D eigenvalue weighted by Gasteiger charge is -2.35. The molecule has 1 aliphatic heterocycles. The van der Waals surface area contributed by atoms with E-state index in [4.69, 9.17) is 0 Å². The molecule has 0 bridgehead atoms. The molecule has 1 saturated heterocycles. The van der Waals surface area contributed by atoms with E-state index in [-0.39, 0.29) is 5.91 Å². The van der Waals surface area contributed by atoms with Crippen LogP contribution < -0.4 is 0 Å². The number of likely N-dealkylation sites (tertiary alicyclic amines) is 1. The van der Waals surface area contributed by atoms with Crippen LogP contribution in [-0.2, 0) is 11.2 Å². The number of aryl methyl sites for hydroxylation is 2. The van der Waals surface area contributed by atoms with Crippen molar-refractivity contribution in [3.63, 3.8) is 0 Å². The van der Waals surface area contributed by atoms with Gasteiger partial charge >= 0.3 is 0 Å². The van der Waals surface area contributed by atoms with Gasteiger partial charge in [0.15, 0.2) is 0 Å². The molecule has 0 radical (unpaired) electrons. The van der Waals surface area contributed by atoms with E-state index in [2.05, 4.69) is 41.0 Å². The zero-order chi connectivity index (χ0) is 17.7. The predicted octanol–water partition coefficient (Wildman–Crippen LogP) is 1.44. The first-order valence-corrected chi connectivity index (χ1v) is 9.01. The third kappa shape index (κ3) is 5.05. The summed E-state index contributed by atoms with van der Waals surface area (Å²) in [5.74, 6) is 0.220. The molecule has 24 heavy (non-hydrogen) atoms. The molecule has 0 unspecified atom stereocenters. The number of nitrogens with one attached hydrogen (secondary N) is 1. The van der Waals surface area contributed by atoms with Crippen molar-refractivity contribution < 1.29 is 4.79 Å². The first kappa shape index (κ1) is 18.9. The lowest BCUT2D eigenvalue weighted by molar-refractivity contribution is -0.131. The molecule has 2 heterocycles. The number of aromatic nitrogens is 2. The molecule has 1 fully saturated rings. The van der Waals surface area contributed by atoms with E-state index >= 15 is 0 Å². The highest BCUT2D eigenvalue weighted by molar-refractivity contribution is 5.77. The summed E-state index contributed by atoms with van der Waals surface area (Å²) in [6.45, 7) is 7.66. The predicted molar refractivity (Wildman–Crippen MR) is 97.2 cm³/mol. The fraction of sp³-hybridized carbons (Fsp3) is 0.778. The monoisotopic (exact) mass is 335 g/mol. The van der Waals surface area contributed by atoms with Crippen LogP contribution in [0.1, 0.15) is 36.2 Å². The summed E-state index contributed by atoms with van der Waals surface area (Å²) >= 11 is 0. The van der Waals surface area contributed by atoms with Gasteiger partial charge in [0.2, 0.25) is 5.91 Å². The SMILES string of the molecule is Cc1n[nH]c(C)c1CCCN(C)C(=O)CN(C)C1CCN(C)CC1. The quantitative estimate of drug-likeness (QED) is 0.819. The Labute approximate surface area is 146 Å². The Morgan fingerprint density at radius 2 is 1.96 bits per heavy atom. The Morgan fingerprint density at radius 1 is 1.29 bits per heavy atom. The minimum Gasteiger partial charge on any atom is -0.345 e. The van der Waals surface area contributed by atoms with Gasteiger partial charge < -0.3 is 9.80 Å². The number of likely N-dealkylation sites (N-methyl/N-ethyl adjacent to an activating group) is 2. The maximum atomic E-state index is 12.4. The van der Waals surface area contributed by atoms with Gasteiger partial charge in [-0.3, -0.25) is 14.8 Å². The van der Waals surface area contributed by atoms with Crippen molar-refractivity contribution in [2.24, 2.45) is 0 Å². The van der Waals surface area contributed by atoms with Crippen molar-refractivity contribution in [2.75, 3.05) is 47.3 Å². The van der Waals surface area contributed by atoms with Gasteiger partial charge in [0, 0.05) is 25.3 Å². The Morgan fingerprint density at radius 3 is 2.54 bits per heavy atom. The average Bonchev–Trinajstić information content (AvgIpc) is 2.87. The van der Waals surface area contributed by atoms with Crippen LogP contribution in [0.4, 0.5) is 0 Å². The highest BCUT2D eigenvalue weighted by atomic mass is 16.2. The summed E-state index contributed by atoms with van der Waals surface area (Å²) in [6.07, 6.45) is 4.25. The summed E-state index contributed by atoms with van der Waals surface area (Å²) in [5.41, 5.74) is 3.51. The van der Waals surface area contributed by atoms with Crippen LogP contribution in [0, 0.1) is 13.8 Å². The fourth-order valence-corrected chi connectivity index (χ4v) is 3.46. The maximum Gasteiger partial charge on any atom is 0.236 e. The number of hydrogen-bond donors (Lipinski definition) is 1. The average molecular weight is 335 g/mol. The number of aromatic amines is 1. The summed E-state index contributed by atoms with van der Waals surface area (Å²) < 4.78 is 0. The van der Waals surface area contributed by atoms with Gasteiger partial charge in [-0.1, -0.05) is 0 Å². The van der Waals surface area contributed by atoms with Gasteiger partial charge in [0.1, 0.15) is 0 Å². The summed E-state index contributed by atoms with van der Waals surface area (Å²) in [7, 11) is 6.17. The third-order valence-electron chi connectivity index (χ3n) is 5.32. The highest BCUT2D eigenvalue weighted by Crippen LogP contribution is 2.14. The molecule has 2 rings (SSSR count). The minimum absolute atomic E-state index is 0.220. The maximum absolute atomic E-state index is 12.4.